The van der Waals surface area contributed by atoms with Crippen LogP contribution in [-0.4, -0.2) is 39.4 Å². The van der Waals surface area contributed by atoms with E-state index in [0.717, 1.165) is 31.8 Å². The van der Waals surface area contributed by atoms with Crippen LogP contribution in [0.4, 0.5) is 0 Å². The van der Waals surface area contributed by atoms with E-state index in [1.165, 1.54) is 12.8 Å². The number of carbonyl (C=O) groups is 2. The summed E-state index contributed by atoms with van der Waals surface area (Å²) in [4.78, 5) is 30.8. The van der Waals surface area contributed by atoms with Gasteiger partial charge in [0, 0.05) is 45.4 Å². The second-order valence-corrected chi connectivity index (χ2v) is 6.98. The van der Waals surface area contributed by atoms with E-state index >= 15 is 0 Å². The minimum atomic E-state index is -0.134. The Hall–Kier alpha value is -1.85. The molecule has 1 saturated heterocycles. The number of aryl methyl sites for hydroxylation is 1. The van der Waals surface area contributed by atoms with Crippen molar-refractivity contribution in [2.45, 2.75) is 58.4 Å². The lowest BCUT2D eigenvalue weighted by Gasteiger charge is -2.23. The smallest absolute Gasteiger partial charge is 0.223 e. The van der Waals surface area contributed by atoms with Crippen molar-refractivity contribution < 1.29 is 9.59 Å². The first-order valence-electron chi connectivity index (χ1n) is 9.03. The average molecular weight is 334 g/mol. The largest absolute Gasteiger partial charge is 0.346 e. The number of likely N-dealkylation sites (tertiary alicyclic amines) is 1. The Bertz CT molecular complexity index is 545. The average Bonchev–Trinajstić information content (AvgIpc) is 2.80. The van der Waals surface area contributed by atoms with E-state index in [1.807, 2.05) is 22.7 Å². The van der Waals surface area contributed by atoms with E-state index in [4.69, 9.17) is 0 Å². The van der Waals surface area contributed by atoms with Gasteiger partial charge in [-0.2, -0.15) is 0 Å². The van der Waals surface area contributed by atoms with E-state index in [9.17, 15) is 9.59 Å². The fourth-order valence-electron chi connectivity index (χ4n) is 3.15. The van der Waals surface area contributed by atoms with Crippen molar-refractivity contribution >= 4 is 11.8 Å². The molecule has 0 radical (unpaired) electrons. The van der Waals surface area contributed by atoms with Crippen molar-refractivity contribution in [2.75, 3.05) is 13.1 Å². The molecule has 0 bridgehead atoms. The molecule has 0 saturated carbocycles. The molecule has 2 amide bonds. The van der Waals surface area contributed by atoms with Crippen LogP contribution < -0.4 is 5.32 Å². The maximum absolute atomic E-state index is 12.3. The molecule has 1 N–H and O–H groups in total. The quantitative estimate of drug-likeness (QED) is 0.869. The van der Waals surface area contributed by atoms with E-state index in [0.29, 0.717) is 0 Å². The monoisotopic (exact) mass is 334 g/mol. The van der Waals surface area contributed by atoms with Crippen molar-refractivity contribution in [3.8, 4) is 0 Å². The molecule has 1 aliphatic rings. The van der Waals surface area contributed by atoms with Crippen LogP contribution in [0.2, 0.25) is 0 Å². The molecule has 0 spiro atoms. The van der Waals surface area contributed by atoms with Gasteiger partial charge in [-0.3, -0.25) is 9.59 Å². The highest BCUT2D eigenvalue weighted by molar-refractivity contribution is 5.84. The van der Waals surface area contributed by atoms with E-state index in [1.54, 1.807) is 6.20 Å². The first-order valence-corrected chi connectivity index (χ1v) is 9.03. The lowest BCUT2D eigenvalue weighted by Crippen LogP contribution is -2.35. The second kappa shape index (κ2) is 8.85. The van der Waals surface area contributed by atoms with Gasteiger partial charge < -0.3 is 14.8 Å². The van der Waals surface area contributed by atoms with Crippen LogP contribution in [-0.2, 0) is 16.6 Å². The first kappa shape index (κ1) is 18.5. The van der Waals surface area contributed by atoms with Crippen molar-refractivity contribution in [2.24, 2.45) is 13.0 Å². The maximum atomic E-state index is 12.3. The molecule has 1 aliphatic heterocycles. The van der Waals surface area contributed by atoms with Gasteiger partial charge in [-0.15, -0.1) is 0 Å². The second-order valence-electron chi connectivity index (χ2n) is 6.98. The standard InChI is InChI=1S/C18H30N4O2/c1-14(2)17(18-19-10-13-21(18)3)20-15(23)8-9-16(24)22-11-6-4-5-7-12-22/h10,13-14,17H,4-9,11-12H2,1-3H3,(H,20,23)/t17-/m0/s1. The zero-order valence-corrected chi connectivity index (χ0v) is 15.1. The highest BCUT2D eigenvalue weighted by Crippen LogP contribution is 2.20. The highest BCUT2D eigenvalue weighted by Gasteiger charge is 2.23. The van der Waals surface area contributed by atoms with Gasteiger partial charge >= 0.3 is 0 Å². The summed E-state index contributed by atoms with van der Waals surface area (Å²) in [5.74, 6) is 1.10. The summed E-state index contributed by atoms with van der Waals surface area (Å²) in [6.07, 6.45) is 8.69. The number of hydrogen-bond donors (Lipinski definition) is 1. The van der Waals surface area contributed by atoms with Crippen molar-refractivity contribution in [1.29, 1.82) is 0 Å². The van der Waals surface area contributed by atoms with Gasteiger partial charge in [-0.1, -0.05) is 26.7 Å². The number of hydrogen-bond acceptors (Lipinski definition) is 3. The highest BCUT2D eigenvalue weighted by atomic mass is 16.2. The van der Waals surface area contributed by atoms with Gasteiger partial charge in [0.25, 0.3) is 0 Å². The number of imidazole rings is 1. The van der Waals surface area contributed by atoms with Gasteiger partial charge in [0.2, 0.25) is 11.8 Å². The first-order chi connectivity index (χ1) is 11.5. The zero-order valence-electron chi connectivity index (χ0n) is 15.1. The molecule has 6 heteroatoms. The van der Waals surface area contributed by atoms with Crippen LogP contribution >= 0.6 is 0 Å². The molecule has 2 rings (SSSR count). The van der Waals surface area contributed by atoms with Gasteiger partial charge in [0.1, 0.15) is 5.82 Å². The molecule has 0 unspecified atom stereocenters. The zero-order chi connectivity index (χ0) is 17.5. The number of carbonyl (C=O) groups excluding carboxylic acids is 2. The third kappa shape index (κ3) is 5.08. The number of aromatic nitrogens is 2. The molecule has 1 aromatic heterocycles. The molecule has 0 aromatic carbocycles. The molecule has 1 fully saturated rings. The summed E-state index contributed by atoms with van der Waals surface area (Å²) in [6.45, 7) is 5.79. The summed E-state index contributed by atoms with van der Waals surface area (Å²) in [5, 5.41) is 3.04. The number of nitrogens with zero attached hydrogens (tertiary/aromatic N) is 3. The molecule has 2 heterocycles. The Labute approximate surface area is 144 Å². The predicted octanol–water partition coefficient (Wildman–Crippen LogP) is 2.42. The van der Waals surface area contributed by atoms with Crippen LogP contribution in [0.15, 0.2) is 12.4 Å². The topological polar surface area (TPSA) is 67.2 Å². The Morgan fingerprint density at radius 1 is 1.17 bits per heavy atom. The summed E-state index contributed by atoms with van der Waals surface area (Å²) in [5.41, 5.74) is 0. The molecule has 24 heavy (non-hydrogen) atoms. The minimum absolute atomic E-state index is 0.0835. The summed E-state index contributed by atoms with van der Waals surface area (Å²) in [7, 11) is 1.92. The van der Waals surface area contributed by atoms with Crippen molar-refractivity contribution in [3.05, 3.63) is 18.2 Å². The predicted molar refractivity (Wildman–Crippen MR) is 93.2 cm³/mol. The van der Waals surface area contributed by atoms with Crippen LogP contribution in [0.1, 0.15) is 64.2 Å². The molecular weight excluding hydrogens is 304 g/mol. The SMILES string of the molecule is CC(C)[C@H](NC(=O)CCC(=O)N1CCCCCC1)c1nccn1C. The summed E-state index contributed by atoms with van der Waals surface area (Å²) in [6, 6.07) is -0.134. The van der Waals surface area contributed by atoms with Crippen LogP contribution in [0.3, 0.4) is 0 Å². The van der Waals surface area contributed by atoms with Gasteiger partial charge in [0.05, 0.1) is 6.04 Å². The summed E-state index contributed by atoms with van der Waals surface area (Å²) < 4.78 is 1.92. The van der Waals surface area contributed by atoms with Crippen LogP contribution in [0, 0.1) is 5.92 Å². The number of amides is 2. The lowest BCUT2D eigenvalue weighted by atomic mass is 10.0. The third-order valence-electron chi connectivity index (χ3n) is 4.64. The fourth-order valence-corrected chi connectivity index (χ4v) is 3.15. The van der Waals surface area contributed by atoms with Crippen molar-refractivity contribution in [3.63, 3.8) is 0 Å². The molecule has 0 aliphatic carbocycles. The molecule has 134 valence electrons. The third-order valence-corrected chi connectivity index (χ3v) is 4.64. The molecule has 6 nitrogen and oxygen atoms in total. The lowest BCUT2D eigenvalue weighted by molar-refractivity contribution is -0.133. The van der Waals surface area contributed by atoms with Gasteiger partial charge in [0.15, 0.2) is 0 Å². The Morgan fingerprint density at radius 2 is 1.83 bits per heavy atom. The Balaban J connectivity index is 1.85. The molecule has 1 atom stereocenters. The number of nitrogens with one attached hydrogen (secondary N) is 1. The fraction of sp³-hybridized carbons (Fsp3) is 0.722. The number of rotatable bonds is 6. The molecule has 1 aromatic rings. The van der Waals surface area contributed by atoms with E-state index < -0.39 is 0 Å². The summed E-state index contributed by atoms with van der Waals surface area (Å²) >= 11 is 0. The van der Waals surface area contributed by atoms with Gasteiger partial charge in [-0.25, -0.2) is 4.98 Å². The molecular formula is C18H30N4O2. The van der Waals surface area contributed by atoms with Crippen LogP contribution in [0.5, 0.6) is 0 Å². The Kier molecular flexibility index (Phi) is 6.82. The van der Waals surface area contributed by atoms with E-state index in [-0.39, 0.29) is 36.6 Å². The van der Waals surface area contributed by atoms with Crippen molar-refractivity contribution in [1.82, 2.24) is 19.8 Å². The van der Waals surface area contributed by atoms with E-state index in [2.05, 4.69) is 24.1 Å². The minimum Gasteiger partial charge on any atom is -0.346 e. The Morgan fingerprint density at radius 3 is 2.38 bits per heavy atom. The van der Waals surface area contributed by atoms with Gasteiger partial charge in [-0.05, 0) is 18.8 Å². The normalized spacial score (nSPS) is 16.8. The maximum Gasteiger partial charge on any atom is 0.223 e. The van der Waals surface area contributed by atoms with Crippen LogP contribution in [0.25, 0.3) is 0 Å².